The van der Waals surface area contributed by atoms with Crippen molar-refractivity contribution in [3.8, 4) is 0 Å². The molecule has 7 heteroatoms. The van der Waals surface area contributed by atoms with Crippen molar-refractivity contribution in [3.63, 3.8) is 0 Å². The quantitative estimate of drug-likeness (QED) is 0.841. The van der Waals surface area contributed by atoms with E-state index in [9.17, 15) is 9.00 Å². The average molecular weight is 302 g/mol. The molecule has 1 aromatic heterocycles. The molecule has 5 nitrogen and oxygen atoms in total. The summed E-state index contributed by atoms with van der Waals surface area (Å²) in [7, 11) is -1.13. The lowest BCUT2D eigenvalue weighted by molar-refractivity contribution is 0.0295. The van der Waals surface area contributed by atoms with Gasteiger partial charge in [0.15, 0.2) is 4.34 Å². The second-order valence-corrected chi connectivity index (χ2v) is 8.23. The molecule has 0 saturated carbocycles. The Morgan fingerprint density at radius 1 is 1.58 bits per heavy atom. The minimum Gasteiger partial charge on any atom is -0.444 e. The third kappa shape index (κ3) is 3.76. The molecule has 0 N–H and O–H groups in total. The number of carbonyl (C=O) groups excluding carboxylic acids is 1. The number of thiazole rings is 1. The zero-order valence-corrected chi connectivity index (χ0v) is 12.9. The van der Waals surface area contributed by atoms with Crippen LogP contribution in [0.3, 0.4) is 0 Å². The molecule has 0 bridgehead atoms. The first-order valence-electron chi connectivity index (χ1n) is 6.15. The van der Waals surface area contributed by atoms with Crippen molar-refractivity contribution in [3.05, 3.63) is 11.6 Å². The molecule has 1 saturated heterocycles. The second kappa shape index (κ2) is 5.58. The third-order valence-corrected chi connectivity index (χ3v) is 5.47. The maximum absolute atomic E-state index is 12.2. The van der Waals surface area contributed by atoms with E-state index in [0.29, 0.717) is 17.4 Å². The highest BCUT2D eigenvalue weighted by Gasteiger charge is 2.33. The number of amides is 1. The van der Waals surface area contributed by atoms with Crippen molar-refractivity contribution in [2.45, 2.75) is 42.4 Å². The maximum atomic E-state index is 12.2. The molecule has 2 rings (SSSR count). The van der Waals surface area contributed by atoms with Gasteiger partial charge in [-0.05, 0) is 27.2 Å². The van der Waals surface area contributed by atoms with Crippen LogP contribution in [0.25, 0.3) is 0 Å². The van der Waals surface area contributed by atoms with Crippen LogP contribution in [0.1, 0.15) is 27.2 Å². The van der Waals surface area contributed by atoms with Gasteiger partial charge in [0.25, 0.3) is 0 Å². The van der Waals surface area contributed by atoms with Crippen LogP contribution in [0.15, 0.2) is 15.9 Å². The summed E-state index contributed by atoms with van der Waals surface area (Å²) >= 11 is 1.39. The van der Waals surface area contributed by atoms with Gasteiger partial charge in [0.05, 0.1) is 16.0 Å². The fourth-order valence-electron chi connectivity index (χ4n) is 1.85. The highest BCUT2D eigenvalue weighted by atomic mass is 32.2. The van der Waals surface area contributed by atoms with E-state index in [0.717, 1.165) is 6.42 Å². The minimum atomic E-state index is -1.13. The van der Waals surface area contributed by atoms with Gasteiger partial charge in [0, 0.05) is 24.7 Å². The number of carbonyl (C=O) groups is 1. The standard InChI is InChI=1S/C12H18N2O3S2/c1-12(2,3)17-11(15)14-6-4-9(8-14)19(16)10-13-5-7-18-10/h5,7,9H,4,6,8H2,1-3H3/t9-,19?/m0/s1. The van der Waals surface area contributed by atoms with Gasteiger partial charge >= 0.3 is 6.09 Å². The number of nitrogens with zero attached hydrogens (tertiary/aromatic N) is 2. The van der Waals surface area contributed by atoms with E-state index in [1.54, 1.807) is 11.1 Å². The molecule has 2 heterocycles. The Balaban J connectivity index is 1.93. The molecule has 1 amide bonds. The maximum Gasteiger partial charge on any atom is 0.410 e. The zero-order chi connectivity index (χ0) is 14.0. The number of likely N-dealkylation sites (tertiary alicyclic amines) is 1. The van der Waals surface area contributed by atoms with Crippen LogP contribution in [0.2, 0.25) is 0 Å². The Morgan fingerprint density at radius 2 is 2.32 bits per heavy atom. The minimum absolute atomic E-state index is 0.0429. The molecule has 0 radical (unpaired) electrons. The van der Waals surface area contributed by atoms with Gasteiger partial charge < -0.3 is 9.64 Å². The van der Waals surface area contributed by atoms with Crippen LogP contribution in [0.4, 0.5) is 4.79 Å². The Kier molecular flexibility index (Phi) is 4.25. The first-order valence-corrected chi connectivity index (χ1v) is 8.24. The summed E-state index contributed by atoms with van der Waals surface area (Å²) in [5, 5.41) is 1.77. The third-order valence-electron chi connectivity index (χ3n) is 2.68. The summed E-state index contributed by atoms with van der Waals surface area (Å²) in [5.74, 6) is 0. The van der Waals surface area contributed by atoms with Crippen LogP contribution in [-0.2, 0) is 15.5 Å². The molecular weight excluding hydrogens is 284 g/mol. The van der Waals surface area contributed by atoms with Crippen molar-refractivity contribution < 1.29 is 13.7 Å². The van der Waals surface area contributed by atoms with Gasteiger partial charge in [-0.2, -0.15) is 0 Å². The summed E-state index contributed by atoms with van der Waals surface area (Å²) in [6, 6.07) is 0. The van der Waals surface area contributed by atoms with Gasteiger partial charge in [-0.15, -0.1) is 11.3 Å². The molecule has 1 aliphatic rings. The van der Waals surface area contributed by atoms with Gasteiger partial charge in [-0.1, -0.05) is 0 Å². The SMILES string of the molecule is CC(C)(C)OC(=O)N1CC[C@H](S(=O)c2nccs2)C1. The molecule has 106 valence electrons. The van der Waals surface area contributed by atoms with Crippen molar-refractivity contribution >= 4 is 28.2 Å². The Labute approximate surface area is 119 Å². The number of ether oxygens (including phenoxy) is 1. The Morgan fingerprint density at radius 3 is 2.89 bits per heavy atom. The predicted octanol–water partition coefficient (Wildman–Crippen LogP) is 2.26. The average Bonchev–Trinajstić information content (AvgIpc) is 2.98. The zero-order valence-electron chi connectivity index (χ0n) is 11.3. The Bertz CT molecular complexity index is 468. The lowest BCUT2D eigenvalue weighted by Crippen LogP contribution is -2.36. The number of hydrogen-bond acceptors (Lipinski definition) is 5. The predicted molar refractivity (Wildman–Crippen MR) is 74.7 cm³/mol. The highest BCUT2D eigenvalue weighted by molar-refractivity contribution is 7.87. The highest BCUT2D eigenvalue weighted by Crippen LogP contribution is 2.23. The second-order valence-electron chi connectivity index (χ2n) is 5.43. The first-order chi connectivity index (χ1) is 8.87. The fourth-order valence-corrected chi connectivity index (χ4v) is 4.25. The molecule has 19 heavy (non-hydrogen) atoms. The van der Waals surface area contributed by atoms with Crippen LogP contribution in [0.5, 0.6) is 0 Å². The first kappa shape index (κ1) is 14.5. The smallest absolute Gasteiger partial charge is 0.410 e. The van der Waals surface area contributed by atoms with Crippen molar-refractivity contribution in [1.82, 2.24) is 9.88 Å². The molecule has 0 aliphatic carbocycles. The van der Waals surface area contributed by atoms with Crippen molar-refractivity contribution in [2.75, 3.05) is 13.1 Å². The molecule has 0 spiro atoms. The summed E-state index contributed by atoms with van der Waals surface area (Å²) < 4.78 is 18.2. The van der Waals surface area contributed by atoms with E-state index in [-0.39, 0.29) is 11.3 Å². The van der Waals surface area contributed by atoms with E-state index in [1.807, 2.05) is 26.2 Å². The lowest BCUT2D eigenvalue weighted by Gasteiger charge is -2.24. The summed E-state index contributed by atoms with van der Waals surface area (Å²) in [5.41, 5.74) is -0.496. The van der Waals surface area contributed by atoms with Crippen LogP contribution in [0, 0.1) is 0 Å². The molecule has 0 aromatic carbocycles. The van der Waals surface area contributed by atoms with Gasteiger partial charge in [0.1, 0.15) is 5.60 Å². The lowest BCUT2D eigenvalue weighted by atomic mass is 10.2. The molecule has 2 atom stereocenters. The van der Waals surface area contributed by atoms with E-state index in [1.165, 1.54) is 11.3 Å². The van der Waals surface area contributed by atoms with E-state index < -0.39 is 16.4 Å². The largest absolute Gasteiger partial charge is 0.444 e. The Hall–Kier alpha value is -0.950. The van der Waals surface area contributed by atoms with Gasteiger partial charge in [-0.3, -0.25) is 4.21 Å². The number of aromatic nitrogens is 1. The van der Waals surface area contributed by atoms with Crippen molar-refractivity contribution in [2.24, 2.45) is 0 Å². The van der Waals surface area contributed by atoms with Gasteiger partial charge in [0.2, 0.25) is 0 Å². The summed E-state index contributed by atoms with van der Waals surface area (Å²) in [6.07, 6.45) is 2.05. The van der Waals surface area contributed by atoms with Crippen LogP contribution in [-0.4, -0.2) is 44.1 Å². The molecule has 1 fully saturated rings. The van der Waals surface area contributed by atoms with Gasteiger partial charge in [-0.25, -0.2) is 9.78 Å². The van der Waals surface area contributed by atoms with E-state index >= 15 is 0 Å². The fraction of sp³-hybridized carbons (Fsp3) is 0.667. The number of hydrogen-bond donors (Lipinski definition) is 0. The van der Waals surface area contributed by atoms with Crippen LogP contribution >= 0.6 is 11.3 Å². The summed E-state index contributed by atoms with van der Waals surface area (Å²) in [4.78, 5) is 17.6. The normalized spacial score (nSPS) is 21.4. The monoisotopic (exact) mass is 302 g/mol. The van der Waals surface area contributed by atoms with Crippen molar-refractivity contribution in [1.29, 1.82) is 0 Å². The van der Waals surface area contributed by atoms with E-state index in [2.05, 4.69) is 4.98 Å². The topological polar surface area (TPSA) is 59.5 Å². The number of rotatable bonds is 2. The summed E-state index contributed by atoms with van der Waals surface area (Å²) in [6.45, 7) is 6.59. The molecule has 1 aromatic rings. The van der Waals surface area contributed by atoms with Crippen LogP contribution < -0.4 is 0 Å². The molecular formula is C12H18N2O3S2. The van der Waals surface area contributed by atoms with E-state index in [4.69, 9.17) is 4.74 Å². The molecule has 1 unspecified atom stereocenters. The molecule has 1 aliphatic heterocycles.